The van der Waals surface area contributed by atoms with Crippen LogP contribution in [0, 0.1) is 0 Å². The molecule has 0 amide bonds. The van der Waals surface area contributed by atoms with Crippen LogP contribution in [0.5, 0.6) is 0 Å². The SMILES string of the molecule is c1cncc(CCc2cccc3c2NCCC3)c1. The molecule has 2 nitrogen and oxygen atoms in total. The van der Waals surface area contributed by atoms with Gasteiger partial charge in [-0.2, -0.15) is 0 Å². The first-order chi connectivity index (χ1) is 8.93. The Morgan fingerprint density at radius 2 is 2.11 bits per heavy atom. The van der Waals surface area contributed by atoms with Crippen LogP contribution >= 0.6 is 0 Å². The van der Waals surface area contributed by atoms with Crippen molar-refractivity contribution in [2.75, 3.05) is 11.9 Å². The molecule has 0 fully saturated rings. The summed E-state index contributed by atoms with van der Waals surface area (Å²) in [6.07, 6.45) is 8.40. The molecule has 1 N–H and O–H groups in total. The van der Waals surface area contributed by atoms with Crippen LogP contribution in [0.25, 0.3) is 0 Å². The van der Waals surface area contributed by atoms with Crippen LogP contribution in [0.3, 0.4) is 0 Å². The maximum Gasteiger partial charge on any atom is 0.0405 e. The number of para-hydroxylation sites is 1. The summed E-state index contributed by atoms with van der Waals surface area (Å²) < 4.78 is 0. The van der Waals surface area contributed by atoms with E-state index in [9.17, 15) is 0 Å². The van der Waals surface area contributed by atoms with Crippen LogP contribution in [0.15, 0.2) is 42.7 Å². The molecule has 0 radical (unpaired) electrons. The Balaban J connectivity index is 1.77. The molecule has 0 unspecified atom stereocenters. The fourth-order valence-electron chi connectivity index (χ4n) is 2.61. The first kappa shape index (κ1) is 11.3. The third kappa shape index (κ3) is 2.37. The van der Waals surface area contributed by atoms with E-state index in [1.165, 1.54) is 35.2 Å². The zero-order chi connectivity index (χ0) is 12.2. The quantitative estimate of drug-likeness (QED) is 0.888. The molecule has 1 aliphatic rings. The second-order valence-corrected chi connectivity index (χ2v) is 4.84. The lowest BCUT2D eigenvalue weighted by Gasteiger charge is -2.21. The van der Waals surface area contributed by atoms with Crippen LogP contribution in [-0.2, 0) is 19.3 Å². The summed E-state index contributed by atoms with van der Waals surface area (Å²) in [5.41, 5.74) is 5.61. The van der Waals surface area contributed by atoms with Crippen molar-refractivity contribution >= 4 is 5.69 Å². The van der Waals surface area contributed by atoms with Crippen molar-refractivity contribution in [1.29, 1.82) is 0 Å². The Bertz CT molecular complexity index is 520. The highest BCUT2D eigenvalue weighted by atomic mass is 14.9. The number of fused-ring (bicyclic) bond motifs is 1. The fraction of sp³-hybridized carbons (Fsp3) is 0.312. The zero-order valence-corrected chi connectivity index (χ0v) is 10.5. The average Bonchev–Trinajstić information content (AvgIpc) is 2.46. The number of hydrogen-bond donors (Lipinski definition) is 1. The number of nitrogens with one attached hydrogen (secondary N) is 1. The fourth-order valence-corrected chi connectivity index (χ4v) is 2.61. The first-order valence-corrected chi connectivity index (χ1v) is 6.67. The molecule has 0 atom stereocenters. The molecule has 2 heterocycles. The minimum Gasteiger partial charge on any atom is -0.385 e. The van der Waals surface area contributed by atoms with Crippen molar-refractivity contribution in [3.8, 4) is 0 Å². The van der Waals surface area contributed by atoms with Gasteiger partial charge in [0.25, 0.3) is 0 Å². The van der Waals surface area contributed by atoms with Crippen molar-refractivity contribution in [3.05, 3.63) is 59.4 Å². The molecule has 2 heteroatoms. The summed E-state index contributed by atoms with van der Waals surface area (Å²) in [5, 5.41) is 3.55. The van der Waals surface area contributed by atoms with Crippen LogP contribution in [0.2, 0.25) is 0 Å². The minimum absolute atomic E-state index is 1.06. The van der Waals surface area contributed by atoms with Gasteiger partial charge >= 0.3 is 0 Å². The van der Waals surface area contributed by atoms with Crippen LogP contribution in [0.1, 0.15) is 23.1 Å². The number of pyridine rings is 1. The molecule has 0 bridgehead atoms. The second-order valence-electron chi connectivity index (χ2n) is 4.84. The van der Waals surface area contributed by atoms with E-state index in [1.54, 1.807) is 0 Å². The molecule has 1 aromatic heterocycles. The van der Waals surface area contributed by atoms with E-state index in [1.807, 2.05) is 18.5 Å². The molecule has 1 aromatic carbocycles. The molecular formula is C16H18N2. The summed E-state index contributed by atoms with van der Waals surface area (Å²) >= 11 is 0. The Hall–Kier alpha value is -1.83. The van der Waals surface area contributed by atoms with Crippen LogP contribution in [0.4, 0.5) is 5.69 Å². The Kier molecular flexibility index (Phi) is 3.26. The molecule has 0 aliphatic carbocycles. The second kappa shape index (κ2) is 5.21. The molecule has 0 spiro atoms. The number of aromatic nitrogens is 1. The lowest BCUT2D eigenvalue weighted by molar-refractivity contribution is 0.820. The third-order valence-electron chi connectivity index (χ3n) is 3.57. The van der Waals surface area contributed by atoms with Gasteiger partial charge in [-0.1, -0.05) is 24.3 Å². The van der Waals surface area contributed by atoms with E-state index >= 15 is 0 Å². The van der Waals surface area contributed by atoms with Gasteiger partial charge in [-0.15, -0.1) is 0 Å². The maximum absolute atomic E-state index is 4.17. The third-order valence-corrected chi connectivity index (χ3v) is 3.57. The summed E-state index contributed by atoms with van der Waals surface area (Å²) in [6.45, 7) is 1.11. The van der Waals surface area contributed by atoms with Crippen molar-refractivity contribution in [3.63, 3.8) is 0 Å². The molecular weight excluding hydrogens is 220 g/mol. The summed E-state index contributed by atoms with van der Waals surface area (Å²) in [7, 11) is 0. The molecule has 0 saturated heterocycles. The highest BCUT2D eigenvalue weighted by Gasteiger charge is 2.11. The van der Waals surface area contributed by atoms with Crippen molar-refractivity contribution < 1.29 is 0 Å². The Morgan fingerprint density at radius 3 is 3.00 bits per heavy atom. The number of aryl methyl sites for hydroxylation is 3. The molecule has 2 aromatic rings. The predicted molar refractivity (Wildman–Crippen MR) is 74.9 cm³/mol. The lowest BCUT2D eigenvalue weighted by atomic mass is 9.96. The predicted octanol–water partition coefficient (Wildman–Crippen LogP) is 3.22. The topological polar surface area (TPSA) is 24.9 Å². The van der Waals surface area contributed by atoms with Gasteiger partial charge in [0.1, 0.15) is 0 Å². The Morgan fingerprint density at radius 1 is 1.11 bits per heavy atom. The van der Waals surface area contributed by atoms with Crippen molar-refractivity contribution in [1.82, 2.24) is 4.98 Å². The van der Waals surface area contributed by atoms with Gasteiger partial charge in [0.2, 0.25) is 0 Å². The molecule has 0 saturated carbocycles. The average molecular weight is 238 g/mol. The van der Waals surface area contributed by atoms with E-state index in [2.05, 4.69) is 34.6 Å². The van der Waals surface area contributed by atoms with E-state index in [4.69, 9.17) is 0 Å². The zero-order valence-electron chi connectivity index (χ0n) is 10.5. The van der Waals surface area contributed by atoms with Gasteiger partial charge in [0.15, 0.2) is 0 Å². The van der Waals surface area contributed by atoms with Crippen LogP contribution in [-0.4, -0.2) is 11.5 Å². The van der Waals surface area contributed by atoms with E-state index in [0.717, 1.165) is 19.4 Å². The highest BCUT2D eigenvalue weighted by molar-refractivity contribution is 5.59. The normalized spacial score (nSPS) is 13.8. The number of benzene rings is 1. The lowest BCUT2D eigenvalue weighted by Crippen LogP contribution is -2.13. The monoisotopic (exact) mass is 238 g/mol. The van der Waals surface area contributed by atoms with Crippen molar-refractivity contribution in [2.24, 2.45) is 0 Å². The Labute approximate surface area is 108 Å². The van der Waals surface area contributed by atoms with E-state index in [-0.39, 0.29) is 0 Å². The van der Waals surface area contributed by atoms with Gasteiger partial charge in [-0.3, -0.25) is 4.98 Å². The summed E-state index contributed by atoms with van der Waals surface area (Å²) in [6, 6.07) is 10.8. The molecule has 1 aliphatic heterocycles. The summed E-state index contributed by atoms with van der Waals surface area (Å²) in [5.74, 6) is 0. The summed E-state index contributed by atoms with van der Waals surface area (Å²) in [4.78, 5) is 4.17. The smallest absolute Gasteiger partial charge is 0.0405 e. The van der Waals surface area contributed by atoms with Gasteiger partial charge in [-0.25, -0.2) is 0 Å². The highest BCUT2D eigenvalue weighted by Crippen LogP contribution is 2.26. The number of rotatable bonds is 3. The molecule has 18 heavy (non-hydrogen) atoms. The van der Waals surface area contributed by atoms with E-state index in [0.29, 0.717) is 0 Å². The van der Waals surface area contributed by atoms with Crippen molar-refractivity contribution in [2.45, 2.75) is 25.7 Å². The standard InChI is InChI=1S/C16H18N2/c1-5-14-7-3-11-18-16(14)15(6-1)9-8-13-4-2-10-17-12-13/h1-2,4-6,10,12,18H,3,7-9,11H2. The van der Waals surface area contributed by atoms with Gasteiger partial charge in [0, 0.05) is 24.6 Å². The number of hydrogen-bond acceptors (Lipinski definition) is 2. The largest absolute Gasteiger partial charge is 0.385 e. The maximum atomic E-state index is 4.17. The molecule has 92 valence electrons. The van der Waals surface area contributed by atoms with Gasteiger partial charge in [0.05, 0.1) is 0 Å². The molecule has 3 rings (SSSR count). The number of nitrogens with zero attached hydrogens (tertiary/aromatic N) is 1. The minimum atomic E-state index is 1.06. The van der Waals surface area contributed by atoms with E-state index < -0.39 is 0 Å². The first-order valence-electron chi connectivity index (χ1n) is 6.67. The van der Waals surface area contributed by atoms with Gasteiger partial charge < -0.3 is 5.32 Å². The number of anilines is 1. The van der Waals surface area contributed by atoms with Crippen LogP contribution < -0.4 is 5.32 Å². The van der Waals surface area contributed by atoms with Gasteiger partial charge in [-0.05, 0) is 48.4 Å².